The lowest BCUT2D eigenvalue weighted by atomic mass is 9.85. The zero-order valence-electron chi connectivity index (χ0n) is 31.9. The van der Waals surface area contributed by atoms with Crippen molar-refractivity contribution in [1.82, 2.24) is 24.5 Å². The third-order valence-corrected chi connectivity index (χ3v) is 11.1. The fourth-order valence-electron chi connectivity index (χ4n) is 8.34. The molecule has 0 atom stereocenters. The lowest BCUT2D eigenvalue weighted by molar-refractivity contribution is 1.01. The van der Waals surface area contributed by atoms with E-state index < -0.39 is 0 Å². The summed E-state index contributed by atoms with van der Waals surface area (Å²) < 4.78 is 2.17. The van der Waals surface area contributed by atoms with Gasteiger partial charge in [-0.15, -0.1) is 0 Å². The third-order valence-electron chi connectivity index (χ3n) is 11.1. The second-order valence-corrected chi connectivity index (χ2v) is 14.6. The standard InChI is InChI=1S/C54H35N5/c1-5-17-36(18-6-1)41-31-34-45-46(35-41)50(37-19-7-2-8-20-37)44-26-14-13-25-43(44)49(45)38-29-32-42(33-30-38)59-48-28-16-15-27-47(48)55-54(59)53-57-51(39-21-9-3-10-22-39)56-52(58-53)40-23-11-4-12-24-40/h1-35H. The molecular weight excluding hydrogens is 719 g/mol. The largest absolute Gasteiger partial charge is 0.290 e. The zero-order chi connectivity index (χ0) is 39.1. The number of hydrogen-bond donors (Lipinski definition) is 0. The van der Waals surface area contributed by atoms with Crippen LogP contribution in [0, 0.1) is 0 Å². The molecule has 2 aromatic heterocycles. The number of imidazole rings is 1. The average Bonchev–Trinajstić information content (AvgIpc) is 3.71. The monoisotopic (exact) mass is 753 g/mol. The summed E-state index contributed by atoms with van der Waals surface area (Å²) in [5, 5.41) is 4.85. The van der Waals surface area contributed by atoms with Gasteiger partial charge in [0.05, 0.1) is 11.0 Å². The Bertz CT molecular complexity index is 3230. The van der Waals surface area contributed by atoms with Crippen LogP contribution in [0.4, 0.5) is 0 Å². The van der Waals surface area contributed by atoms with Crippen molar-refractivity contribution in [3.63, 3.8) is 0 Å². The number of aromatic nitrogens is 5. The Labute approximate surface area is 341 Å². The van der Waals surface area contributed by atoms with Crippen LogP contribution in [0.15, 0.2) is 212 Å². The van der Waals surface area contributed by atoms with E-state index in [0.717, 1.165) is 33.4 Å². The highest BCUT2D eigenvalue weighted by Gasteiger charge is 2.21. The first-order valence-corrected chi connectivity index (χ1v) is 19.8. The van der Waals surface area contributed by atoms with Gasteiger partial charge in [-0.05, 0) is 85.3 Å². The number of para-hydroxylation sites is 2. The average molecular weight is 754 g/mol. The Balaban J connectivity index is 1.11. The van der Waals surface area contributed by atoms with Gasteiger partial charge in [-0.2, -0.15) is 0 Å². The Kier molecular flexibility index (Phi) is 8.41. The smallest absolute Gasteiger partial charge is 0.200 e. The number of nitrogens with zero attached hydrogens (tertiary/aromatic N) is 5. The maximum atomic E-state index is 5.17. The predicted octanol–water partition coefficient (Wildman–Crippen LogP) is 13.5. The van der Waals surface area contributed by atoms with E-state index in [9.17, 15) is 0 Å². The molecule has 0 aliphatic heterocycles. The van der Waals surface area contributed by atoms with Gasteiger partial charge in [0.1, 0.15) is 0 Å². The molecule has 11 aromatic rings. The van der Waals surface area contributed by atoms with E-state index in [1.807, 2.05) is 78.9 Å². The summed E-state index contributed by atoms with van der Waals surface area (Å²) in [4.78, 5) is 20.3. The van der Waals surface area contributed by atoms with Crippen molar-refractivity contribution in [1.29, 1.82) is 0 Å². The molecule has 0 amide bonds. The first-order chi connectivity index (χ1) is 29.3. The lowest BCUT2D eigenvalue weighted by Crippen LogP contribution is -2.05. The molecule has 5 nitrogen and oxygen atoms in total. The van der Waals surface area contributed by atoms with Gasteiger partial charge in [-0.3, -0.25) is 4.57 Å². The van der Waals surface area contributed by atoms with E-state index in [-0.39, 0.29) is 0 Å². The molecule has 0 aliphatic carbocycles. The maximum absolute atomic E-state index is 5.17. The van der Waals surface area contributed by atoms with Crippen LogP contribution in [-0.4, -0.2) is 24.5 Å². The molecule has 0 spiro atoms. The van der Waals surface area contributed by atoms with Crippen molar-refractivity contribution in [2.75, 3.05) is 0 Å². The highest BCUT2D eigenvalue weighted by molar-refractivity contribution is 6.22. The highest BCUT2D eigenvalue weighted by Crippen LogP contribution is 2.45. The van der Waals surface area contributed by atoms with Crippen LogP contribution in [0.5, 0.6) is 0 Å². The molecule has 9 aromatic carbocycles. The molecule has 0 saturated heterocycles. The van der Waals surface area contributed by atoms with Crippen LogP contribution in [0.1, 0.15) is 0 Å². The molecule has 0 fully saturated rings. The Morgan fingerprint density at radius 2 is 0.729 bits per heavy atom. The summed E-state index contributed by atoms with van der Waals surface area (Å²) in [6, 6.07) is 74.3. The first-order valence-electron chi connectivity index (χ1n) is 19.8. The molecule has 11 rings (SSSR count). The minimum atomic E-state index is 0.501. The SMILES string of the molecule is c1ccc(-c2ccc3c(-c4ccc(-n5c(-c6nc(-c7ccccc7)nc(-c7ccccc7)n6)nc6ccccc65)cc4)c4ccccc4c(-c4ccccc4)c3c2)cc1. The van der Waals surface area contributed by atoms with Crippen molar-refractivity contribution in [3.8, 4) is 73.5 Å². The minimum absolute atomic E-state index is 0.501. The molecule has 2 heterocycles. The number of benzene rings is 9. The van der Waals surface area contributed by atoms with Crippen LogP contribution < -0.4 is 0 Å². The van der Waals surface area contributed by atoms with Crippen molar-refractivity contribution >= 4 is 32.6 Å². The number of rotatable bonds is 7. The molecule has 0 bridgehead atoms. The molecule has 276 valence electrons. The van der Waals surface area contributed by atoms with Crippen LogP contribution in [0.25, 0.3) is 106 Å². The van der Waals surface area contributed by atoms with Crippen molar-refractivity contribution in [2.24, 2.45) is 0 Å². The van der Waals surface area contributed by atoms with E-state index in [0.29, 0.717) is 23.3 Å². The summed E-state index contributed by atoms with van der Waals surface area (Å²) in [5.41, 5.74) is 11.8. The lowest BCUT2D eigenvalue weighted by Gasteiger charge is -2.19. The Morgan fingerprint density at radius 1 is 0.288 bits per heavy atom. The summed E-state index contributed by atoms with van der Waals surface area (Å²) >= 11 is 0. The van der Waals surface area contributed by atoms with Crippen LogP contribution >= 0.6 is 0 Å². The van der Waals surface area contributed by atoms with Crippen molar-refractivity contribution in [2.45, 2.75) is 0 Å². The molecule has 0 unspecified atom stereocenters. The van der Waals surface area contributed by atoms with Gasteiger partial charge >= 0.3 is 0 Å². The summed E-state index contributed by atoms with van der Waals surface area (Å²) in [7, 11) is 0. The van der Waals surface area contributed by atoms with Gasteiger partial charge in [0.2, 0.25) is 0 Å². The topological polar surface area (TPSA) is 56.5 Å². The molecular formula is C54H35N5. The van der Waals surface area contributed by atoms with Gasteiger partial charge in [0, 0.05) is 16.8 Å². The summed E-state index contributed by atoms with van der Waals surface area (Å²) in [6.45, 7) is 0. The van der Waals surface area contributed by atoms with Crippen molar-refractivity contribution in [3.05, 3.63) is 212 Å². The Hall–Kier alpha value is -8.02. The van der Waals surface area contributed by atoms with E-state index in [1.165, 1.54) is 49.4 Å². The Morgan fingerprint density at radius 3 is 1.34 bits per heavy atom. The fourth-order valence-corrected chi connectivity index (χ4v) is 8.34. The number of hydrogen-bond acceptors (Lipinski definition) is 4. The predicted molar refractivity (Wildman–Crippen MR) is 242 cm³/mol. The third kappa shape index (κ3) is 6.13. The van der Waals surface area contributed by atoms with Crippen molar-refractivity contribution < 1.29 is 0 Å². The normalized spacial score (nSPS) is 11.4. The van der Waals surface area contributed by atoms with Crippen LogP contribution in [0.3, 0.4) is 0 Å². The van der Waals surface area contributed by atoms with Gasteiger partial charge < -0.3 is 0 Å². The molecule has 0 aliphatic rings. The van der Waals surface area contributed by atoms with Gasteiger partial charge in [-0.1, -0.05) is 182 Å². The highest BCUT2D eigenvalue weighted by atomic mass is 15.1. The molecule has 0 radical (unpaired) electrons. The molecule has 0 N–H and O–H groups in total. The number of fused-ring (bicyclic) bond motifs is 3. The second-order valence-electron chi connectivity index (χ2n) is 14.6. The summed E-state index contributed by atoms with van der Waals surface area (Å²) in [5.74, 6) is 2.33. The zero-order valence-corrected chi connectivity index (χ0v) is 31.9. The van der Waals surface area contributed by atoms with Crippen LogP contribution in [-0.2, 0) is 0 Å². The molecule has 59 heavy (non-hydrogen) atoms. The van der Waals surface area contributed by atoms with Gasteiger partial charge in [0.15, 0.2) is 23.3 Å². The maximum Gasteiger partial charge on any atom is 0.200 e. The van der Waals surface area contributed by atoms with Crippen LogP contribution in [0.2, 0.25) is 0 Å². The van der Waals surface area contributed by atoms with Gasteiger partial charge in [-0.25, -0.2) is 19.9 Å². The van der Waals surface area contributed by atoms with Gasteiger partial charge in [0.25, 0.3) is 0 Å². The molecule has 0 saturated carbocycles. The van der Waals surface area contributed by atoms with E-state index >= 15 is 0 Å². The molecule has 5 heteroatoms. The second kappa shape index (κ2) is 14.5. The van der Waals surface area contributed by atoms with E-state index in [2.05, 4.69) is 138 Å². The van der Waals surface area contributed by atoms with E-state index in [4.69, 9.17) is 19.9 Å². The van der Waals surface area contributed by atoms with E-state index in [1.54, 1.807) is 0 Å². The quantitative estimate of drug-likeness (QED) is 0.152. The minimum Gasteiger partial charge on any atom is -0.290 e. The fraction of sp³-hybridized carbons (Fsp3) is 0. The summed E-state index contributed by atoms with van der Waals surface area (Å²) in [6.07, 6.45) is 0. The first kappa shape index (κ1) is 34.2.